The highest BCUT2D eigenvalue weighted by Gasteiger charge is 2.47. The smallest absolute Gasteiger partial charge is 0.326 e. The summed E-state index contributed by atoms with van der Waals surface area (Å²) in [6.45, 7) is 5.88. The van der Waals surface area contributed by atoms with Gasteiger partial charge in [-0.15, -0.1) is 0 Å². The minimum atomic E-state index is -0.467. The molecule has 0 spiro atoms. The Morgan fingerprint density at radius 3 is 2.67 bits per heavy atom. The second-order valence-corrected chi connectivity index (χ2v) is 7.14. The highest BCUT2D eigenvalue weighted by molar-refractivity contribution is 8.00. The number of carbonyl (C=O) groups is 1. The van der Waals surface area contributed by atoms with E-state index in [1.54, 1.807) is 0 Å². The molecule has 18 heavy (non-hydrogen) atoms. The maximum atomic E-state index is 12.1. The van der Waals surface area contributed by atoms with E-state index in [0.717, 1.165) is 32.5 Å². The van der Waals surface area contributed by atoms with Crippen LogP contribution in [0.3, 0.4) is 0 Å². The molecule has 1 saturated heterocycles. The lowest BCUT2D eigenvalue weighted by atomic mass is 9.96. The number of ether oxygens (including phenoxy) is 2. The first kappa shape index (κ1) is 14.2. The molecule has 2 fully saturated rings. The van der Waals surface area contributed by atoms with Crippen LogP contribution in [0.2, 0.25) is 0 Å². The van der Waals surface area contributed by atoms with Crippen LogP contribution in [0, 0.1) is 0 Å². The summed E-state index contributed by atoms with van der Waals surface area (Å²) in [5.41, 5.74) is -0.467. The van der Waals surface area contributed by atoms with Gasteiger partial charge in [-0.25, -0.2) is 0 Å². The Balaban J connectivity index is 1.96. The minimum Gasteiger partial charge on any atom is -0.468 e. The Morgan fingerprint density at radius 2 is 2.17 bits per heavy atom. The molecule has 1 aliphatic heterocycles. The first-order chi connectivity index (χ1) is 8.55. The first-order valence-corrected chi connectivity index (χ1v) is 7.59. The van der Waals surface area contributed by atoms with E-state index in [0.29, 0.717) is 16.5 Å². The maximum absolute atomic E-state index is 12.1. The highest BCUT2D eigenvalue weighted by atomic mass is 32.2. The largest absolute Gasteiger partial charge is 0.468 e. The van der Waals surface area contributed by atoms with Gasteiger partial charge in [-0.3, -0.25) is 10.1 Å². The van der Waals surface area contributed by atoms with Crippen molar-refractivity contribution in [1.29, 1.82) is 0 Å². The van der Waals surface area contributed by atoms with Crippen LogP contribution in [0.25, 0.3) is 0 Å². The number of carbonyl (C=O) groups excluding carboxylic acids is 1. The Kier molecular flexibility index (Phi) is 4.56. The summed E-state index contributed by atoms with van der Waals surface area (Å²) in [5, 5.41) is 4.60. The van der Waals surface area contributed by atoms with Gasteiger partial charge in [0.15, 0.2) is 0 Å². The van der Waals surface area contributed by atoms with Crippen LogP contribution >= 0.6 is 11.8 Å². The van der Waals surface area contributed by atoms with Crippen molar-refractivity contribution in [3.05, 3.63) is 0 Å². The van der Waals surface area contributed by atoms with Gasteiger partial charge in [0.2, 0.25) is 0 Å². The van der Waals surface area contributed by atoms with Gasteiger partial charge in [0, 0.05) is 11.3 Å². The van der Waals surface area contributed by atoms with Crippen LogP contribution in [-0.4, -0.2) is 48.4 Å². The molecule has 2 aliphatic rings. The second-order valence-electron chi connectivity index (χ2n) is 5.53. The van der Waals surface area contributed by atoms with Crippen molar-refractivity contribution in [2.24, 2.45) is 0 Å². The van der Waals surface area contributed by atoms with Crippen LogP contribution in [0.1, 0.15) is 33.1 Å². The zero-order chi connectivity index (χ0) is 13.2. The fraction of sp³-hybridized carbons (Fsp3) is 0.923. The summed E-state index contributed by atoms with van der Waals surface area (Å²) in [7, 11) is 1.48. The number of nitrogens with one attached hydrogen (secondary N) is 1. The van der Waals surface area contributed by atoms with Crippen LogP contribution < -0.4 is 5.32 Å². The summed E-state index contributed by atoms with van der Waals surface area (Å²) < 4.78 is 10.2. The molecular weight excluding hydrogens is 250 g/mol. The van der Waals surface area contributed by atoms with Crippen molar-refractivity contribution in [2.75, 3.05) is 20.3 Å². The van der Waals surface area contributed by atoms with E-state index >= 15 is 0 Å². The van der Waals surface area contributed by atoms with E-state index in [9.17, 15) is 4.79 Å². The molecule has 4 nitrogen and oxygen atoms in total. The Labute approximate surface area is 113 Å². The van der Waals surface area contributed by atoms with E-state index in [1.165, 1.54) is 7.11 Å². The second kappa shape index (κ2) is 5.80. The van der Waals surface area contributed by atoms with Crippen LogP contribution in [0.5, 0.6) is 0 Å². The lowest BCUT2D eigenvalue weighted by molar-refractivity contribution is -0.148. The minimum absolute atomic E-state index is 0.107. The molecule has 0 radical (unpaired) electrons. The molecule has 1 saturated carbocycles. The van der Waals surface area contributed by atoms with E-state index in [1.807, 2.05) is 11.8 Å². The number of methoxy groups -OCH3 is 1. The van der Waals surface area contributed by atoms with Gasteiger partial charge in [-0.05, 0) is 33.1 Å². The van der Waals surface area contributed by atoms with E-state index in [-0.39, 0.29) is 5.97 Å². The fourth-order valence-corrected chi connectivity index (χ4v) is 4.33. The van der Waals surface area contributed by atoms with Crippen molar-refractivity contribution in [3.8, 4) is 0 Å². The van der Waals surface area contributed by atoms with Gasteiger partial charge in [0.25, 0.3) is 0 Å². The zero-order valence-corrected chi connectivity index (χ0v) is 12.2. The molecule has 1 N–H and O–H groups in total. The van der Waals surface area contributed by atoms with Crippen molar-refractivity contribution in [1.82, 2.24) is 5.32 Å². The molecule has 1 heterocycles. The van der Waals surface area contributed by atoms with Crippen LogP contribution in [0.15, 0.2) is 0 Å². The molecule has 1 aliphatic carbocycles. The first-order valence-electron chi connectivity index (χ1n) is 6.65. The standard InChI is InChI=1S/C13H23NO3S/c1-9(2)14-13(12(15)16-3)5-4-10(6-13)18-11-7-17-8-11/h9-11,14H,4-8H2,1-3H3. The van der Waals surface area contributed by atoms with E-state index < -0.39 is 5.54 Å². The van der Waals surface area contributed by atoms with Crippen molar-refractivity contribution in [3.63, 3.8) is 0 Å². The number of hydrogen-bond acceptors (Lipinski definition) is 5. The van der Waals surface area contributed by atoms with Crippen molar-refractivity contribution in [2.45, 2.75) is 55.2 Å². The SMILES string of the molecule is COC(=O)C1(NC(C)C)CCC(SC2COC2)C1. The summed E-state index contributed by atoms with van der Waals surface area (Å²) in [4.78, 5) is 12.1. The molecule has 104 valence electrons. The molecule has 0 amide bonds. The van der Waals surface area contributed by atoms with E-state index in [4.69, 9.17) is 9.47 Å². The average molecular weight is 273 g/mol. The predicted molar refractivity (Wildman–Crippen MR) is 72.9 cm³/mol. The lowest BCUT2D eigenvalue weighted by Gasteiger charge is -2.31. The lowest BCUT2D eigenvalue weighted by Crippen LogP contribution is -2.53. The van der Waals surface area contributed by atoms with Gasteiger partial charge in [-0.2, -0.15) is 11.8 Å². The van der Waals surface area contributed by atoms with Crippen molar-refractivity contribution < 1.29 is 14.3 Å². The molecule has 0 bridgehead atoms. The van der Waals surface area contributed by atoms with Gasteiger partial charge >= 0.3 is 5.97 Å². The predicted octanol–water partition coefficient (Wildman–Crippen LogP) is 1.58. The third-order valence-electron chi connectivity index (χ3n) is 3.60. The zero-order valence-electron chi connectivity index (χ0n) is 11.4. The summed E-state index contributed by atoms with van der Waals surface area (Å²) in [5.74, 6) is -0.107. The maximum Gasteiger partial charge on any atom is 0.326 e. The molecule has 5 heteroatoms. The topological polar surface area (TPSA) is 47.6 Å². The third kappa shape index (κ3) is 3.00. The molecule has 2 unspecified atom stereocenters. The average Bonchev–Trinajstić information content (AvgIpc) is 2.66. The Hall–Kier alpha value is -0.260. The molecular formula is C13H23NO3S. The fourth-order valence-electron chi connectivity index (χ4n) is 2.80. The quantitative estimate of drug-likeness (QED) is 0.771. The monoisotopic (exact) mass is 273 g/mol. The van der Waals surface area contributed by atoms with Crippen LogP contribution in [0.4, 0.5) is 0 Å². The summed E-state index contributed by atoms with van der Waals surface area (Å²) in [6, 6.07) is 0.292. The van der Waals surface area contributed by atoms with Gasteiger partial charge in [0.05, 0.1) is 25.6 Å². The number of hydrogen-bond donors (Lipinski definition) is 1. The van der Waals surface area contributed by atoms with Gasteiger partial charge in [-0.1, -0.05) is 0 Å². The van der Waals surface area contributed by atoms with Gasteiger partial charge < -0.3 is 9.47 Å². The third-order valence-corrected chi connectivity index (χ3v) is 5.05. The summed E-state index contributed by atoms with van der Waals surface area (Å²) in [6.07, 6.45) is 2.83. The molecule has 0 aromatic heterocycles. The molecule has 2 atom stereocenters. The number of esters is 1. The Morgan fingerprint density at radius 1 is 1.44 bits per heavy atom. The summed E-state index contributed by atoms with van der Waals surface area (Å²) >= 11 is 1.98. The molecule has 2 rings (SSSR count). The van der Waals surface area contributed by atoms with Crippen molar-refractivity contribution >= 4 is 17.7 Å². The van der Waals surface area contributed by atoms with E-state index in [2.05, 4.69) is 19.2 Å². The highest BCUT2D eigenvalue weighted by Crippen LogP contribution is 2.41. The number of thioether (sulfide) groups is 1. The van der Waals surface area contributed by atoms with Crippen LogP contribution in [-0.2, 0) is 14.3 Å². The van der Waals surface area contributed by atoms with Gasteiger partial charge in [0.1, 0.15) is 5.54 Å². The molecule has 0 aromatic carbocycles. The normalized spacial score (nSPS) is 32.6. The number of rotatable bonds is 5. The Bertz CT molecular complexity index is 307. The molecule has 0 aromatic rings.